The second kappa shape index (κ2) is 8.42. The van der Waals surface area contributed by atoms with Gasteiger partial charge in [0.15, 0.2) is 0 Å². The molecular weight excluding hydrogens is 284 g/mol. The zero-order valence-electron chi connectivity index (χ0n) is 11.9. The number of halogens is 1. The Kier molecular flexibility index (Phi) is 6.22. The monoisotopic (exact) mass is 302 g/mol. The standard InChI is InChI=1S/C17H19ClN2O/c18-16-7-1-4-14(12-16)8-9-17(21)20-11-3-6-15-5-2-10-19-13-15/h1-2,4-5,7,10,12-13H,3,6,8-9,11H2,(H,20,21). The predicted octanol–water partition coefficient (Wildman–Crippen LogP) is 3.42. The maximum atomic E-state index is 11.8. The largest absolute Gasteiger partial charge is 0.356 e. The minimum Gasteiger partial charge on any atom is -0.356 e. The molecular formula is C17H19ClN2O. The highest BCUT2D eigenvalue weighted by Gasteiger charge is 2.02. The fourth-order valence-electron chi connectivity index (χ4n) is 2.11. The maximum absolute atomic E-state index is 11.8. The fourth-order valence-corrected chi connectivity index (χ4v) is 2.32. The van der Waals surface area contributed by atoms with E-state index in [0.717, 1.165) is 24.8 Å². The van der Waals surface area contributed by atoms with Gasteiger partial charge in [-0.05, 0) is 48.6 Å². The van der Waals surface area contributed by atoms with Crippen molar-refractivity contribution in [2.75, 3.05) is 6.54 Å². The summed E-state index contributed by atoms with van der Waals surface area (Å²) in [6.07, 6.45) is 6.70. The van der Waals surface area contributed by atoms with Gasteiger partial charge in [-0.25, -0.2) is 0 Å². The van der Waals surface area contributed by atoms with Crippen molar-refractivity contribution in [1.82, 2.24) is 10.3 Å². The number of hydrogen-bond acceptors (Lipinski definition) is 2. The van der Waals surface area contributed by atoms with E-state index in [2.05, 4.69) is 10.3 Å². The minimum absolute atomic E-state index is 0.0844. The van der Waals surface area contributed by atoms with Gasteiger partial charge in [0.1, 0.15) is 0 Å². The average Bonchev–Trinajstić information content (AvgIpc) is 2.51. The zero-order chi connectivity index (χ0) is 14.9. The minimum atomic E-state index is 0.0844. The number of hydrogen-bond donors (Lipinski definition) is 1. The van der Waals surface area contributed by atoms with E-state index in [1.165, 1.54) is 5.56 Å². The first-order valence-corrected chi connectivity index (χ1v) is 7.52. The van der Waals surface area contributed by atoms with Crippen LogP contribution in [0.2, 0.25) is 5.02 Å². The molecule has 0 saturated carbocycles. The van der Waals surface area contributed by atoms with E-state index >= 15 is 0 Å². The summed E-state index contributed by atoms with van der Waals surface area (Å²) in [5.41, 5.74) is 2.29. The van der Waals surface area contributed by atoms with Crippen molar-refractivity contribution in [1.29, 1.82) is 0 Å². The van der Waals surface area contributed by atoms with Gasteiger partial charge >= 0.3 is 0 Å². The average molecular weight is 303 g/mol. The topological polar surface area (TPSA) is 42.0 Å². The Bertz CT molecular complexity index is 572. The second-order valence-electron chi connectivity index (χ2n) is 4.94. The van der Waals surface area contributed by atoms with Crippen LogP contribution in [0.25, 0.3) is 0 Å². The Morgan fingerprint density at radius 1 is 1.14 bits per heavy atom. The summed E-state index contributed by atoms with van der Waals surface area (Å²) in [5, 5.41) is 3.66. The number of pyridine rings is 1. The molecule has 1 N–H and O–H groups in total. The van der Waals surface area contributed by atoms with Crippen LogP contribution in [0.15, 0.2) is 48.8 Å². The molecule has 2 rings (SSSR count). The van der Waals surface area contributed by atoms with Crippen molar-refractivity contribution in [3.63, 3.8) is 0 Å². The number of nitrogens with one attached hydrogen (secondary N) is 1. The van der Waals surface area contributed by atoms with Gasteiger partial charge in [0.25, 0.3) is 0 Å². The van der Waals surface area contributed by atoms with Gasteiger partial charge in [-0.15, -0.1) is 0 Å². The smallest absolute Gasteiger partial charge is 0.220 e. The highest BCUT2D eigenvalue weighted by atomic mass is 35.5. The summed E-state index contributed by atoms with van der Waals surface area (Å²) in [6, 6.07) is 11.6. The summed E-state index contributed by atoms with van der Waals surface area (Å²) in [4.78, 5) is 15.8. The Labute approximate surface area is 130 Å². The van der Waals surface area contributed by atoms with Crippen molar-refractivity contribution < 1.29 is 4.79 Å². The molecule has 0 unspecified atom stereocenters. The first-order valence-electron chi connectivity index (χ1n) is 7.14. The van der Waals surface area contributed by atoms with Gasteiger partial charge in [-0.2, -0.15) is 0 Å². The Balaban J connectivity index is 1.62. The molecule has 4 heteroatoms. The first-order chi connectivity index (χ1) is 10.2. The van der Waals surface area contributed by atoms with Crippen LogP contribution in [-0.2, 0) is 17.6 Å². The van der Waals surface area contributed by atoms with Crippen molar-refractivity contribution >= 4 is 17.5 Å². The lowest BCUT2D eigenvalue weighted by Crippen LogP contribution is -2.24. The molecule has 0 aliphatic heterocycles. The Morgan fingerprint density at radius 2 is 2.00 bits per heavy atom. The molecule has 0 atom stereocenters. The lowest BCUT2D eigenvalue weighted by Gasteiger charge is -2.06. The number of rotatable bonds is 7. The molecule has 2 aromatic rings. The van der Waals surface area contributed by atoms with Gasteiger partial charge in [-0.1, -0.05) is 29.8 Å². The highest BCUT2D eigenvalue weighted by molar-refractivity contribution is 6.30. The SMILES string of the molecule is O=C(CCc1cccc(Cl)c1)NCCCc1cccnc1. The Hall–Kier alpha value is -1.87. The van der Waals surface area contributed by atoms with Crippen molar-refractivity contribution in [2.45, 2.75) is 25.7 Å². The highest BCUT2D eigenvalue weighted by Crippen LogP contribution is 2.12. The van der Waals surface area contributed by atoms with Gasteiger partial charge in [0, 0.05) is 30.4 Å². The number of nitrogens with zero attached hydrogens (tertiary/aromatic N) is 1. The third-order valence-corrected chi connectivity index (χ3v) is 3.45. The number of carbonyl (C=O) groups is 1. The normalized spacial score (nSPS) is 10.3. The van der Waals surface area contributed by atoms with Gasteiger partial charge in [-0.3, -0.25) is 9.78 Å². The summed E-state index contributed by atoms with van der Waals surface area (Å²) in [6.45, 7) is 0.698. The van der Waals surface area contributed by atoms with Crippen LogP contribution in [0.1, 0.15) is 24.0 Å². The van der Waals surface area contributed by atoms with Crippen molar-refractivity contribution in [2.24, 2.45) is 0 Å². The Morgan fingerprint density at radius 3 is 2.76 bits per heavy atom. The molecule has 0 aliphatic rings. The van der Waals surface area contributed by atoms with Crippen LogP contribution in [0.3, 0.4) is 0 Å². The lowest BCUT2D eigenvalue weighted by molar-refractivity contribution is -0.121. The van der Waals surface area contributed by atoms with E-state index in [1.807, 2.05) is 42.6 Å². The van der Waals surface area contributed by atoms with E-state index in [1.54, 1.807) is 6.20 Å². The van der Waals surface area contributed by atoms with Crippen LogP contribution < -0.4 is 5.32 Å². The van der Waals surface area contributed by atoms with E-state index < -0.39 is 0 Å². The summed E-state index contributed by atoms with van der Waals surface area (Å²) < 4.78 is 0. The number of amides is 1. The van der Waals surface area contributed by atoms with Crippen molar-refractivity contribution in [3.05, 3.63) is 64.9 Å². The molecule has 0 bridgehead atoms. The first kappa shape index (κ1) is 15.5. The number of benzene rings is 1. The molecule has 0 saturated heterocycles. The fraction of sp³-hybridized carbons (Fsp3) is 0.294. The third-order valence-electron chi connectivity index (χ3n) is 3.22. The van der Waals surface area contributed by atoms with Crippen LogP contribution in [0.4, 0.5) is 0 Å². The third kappa shape index (κ3) is 5.96. The molecule has 3 nitrogen and oxygen atoms in total. The second-order valence-corrected chi connectivity index (χ2v) is 5.38. The molecule has 0 spiro atoms. The zero-order valence-corrected chi connectivity index (χ0v) is 12.6. The van der Waals surface area contributed by atoms with Crippen LogP contribution in [0, 0.1) is 0 Å². The van der Waals surface area contributed by atoms with Crippen LogP contribution in [-0.4, -0.2) is 17.4 Å². The van der Waals surface area contributed by atoms with Crippen LogP contribution >= 0.6 is 11.6 Å². The quantitative estimate of drug-likeness (QED) is 0.796. The molecule has 0 fully saturated rings. The number of aryl methyl sites for hydroxylation is 2. The molecule has 1 heterocycles. The summed E-state index contributed by atoms with van der Waals surface area (Å²) >= 11 is 5.92. The lowest BCUT2D eigenvalue weighted by atomic mass is 10.1. The van der Waals surface area contributed by atoms with Crippen LogP contribution in [0.5, 0.6) is 0 Å². The molecule has 0 radical (unpaired) electrons. The molecule has 110 valence electrons. The van der Waals surface area contributed by atoms with Gasteiger partial charge in [0.2, 0.25) is 5.91 Å². The predicted molar refractivity (Wildman–Crippen MR) is 85.3 cm³/mol. The molecule has 1 amide bonds. The van der Waals surface area contributed by atoms with Gasteiger partial charge < -0.3 is 5.32 Å². The number of aromatic nitrogens is 1. The molecule has 1 aromatic heterocycles. The molecule has 1 aromatic carbocycles. The molecule has 21 heavy (non-hydrogen) atoms. The summed E-state index contributed by atoms with van der Waals surface area (Å²) in [5.74, 6) is 0.0844. The van der Waals surface area contributed by atoms with Crippen molar-refractivity contribution in [3.8, 4) is 0 Å². The van der Waals surface area contributed by atoms with E-state index in [9.17, 15) is 4.79 Å². The molecule has 0 aliphatic carbocycles. The van der Waals surface area contributed by atoms with E-state index in [-0.39, 0.29) is 5.91 Å². The van der Waals surface area contributed by atoms with E-state index in [0.29, 0.717) is 18.0 Å². The summed E-state index contributed by atoms with van der Waals surface area (Å²) in [7, 11) is 0. The number of carbonyl (C=O) groups excluding carboxylic acids is 1. The van der Waals surface area contributed by atoms with E-state index in [4.69, 9.17) is 11.6 Å². The maximum Gasteiger partial charge on any atom is 0.220 e. The van der Waals surface area contributed by atoms with Gasteiger partial charge in [0.05, 0.1) is 0 Å².